The number of methoxy groups -OCH3 is 2. The summed E-state index contributed by atoms with van der Waals surface area (Å²) in [6.07, 6.45) is 4.85. The largest absolute Gasteiger partial charge is 0.494 e. The van der Waals surface area contributed by atoms with E-state index in [4.69, 9.17) is 9.47 Å². The summed E-state index contributed by atoms with van der Waals surface area (Å²) in [5.74, 6) is -1.03. The van der Waals surface area contributed by atoms with Gasteiger partial charge < -0.3 is 9.47 Å². The van der Waals surface area contributed by atoms with E-state index in [1.54, 1.807) is 0 Å². The van der Waals surface area contributed by atoms with E-state index >= 15 is 0 Å². The highest BCUT2D eigenvalue weighted by Crippen LogP contribution is 2.54. The molecule has 1 aromatic carbocycles. The highest BCUT2D eigenvalue weighted by molar-refractivity contribution is 6.23. The second kappa shape index (κ2) is 5.30. The van der Waals surface area contributed by atoms with Gasteiger partial charge in [-0.25, -0.2) is 4.90 Å². The molecular formula is C17H16N2O6. The predicted molar refractivity (Wildman–Crippen MR) is 86.4 cm³/mol. The molecule has 2 aliphatic carbocycles. The van der Waals surface area contributed by atoms with E-state index in [0.717, 1.165) is 11.3 Å². The number of benzene rings is 1. The van der Waals surface area contributed by atoms with Crippen LogP contribution >= 0.6 is 0 Å². The van der Waals surface area contributed by atoms with Gasteiger partial charge in [0, 0.05) is 6.07 Å². The van der Waals surface area contributed by atoms with E-state index < -0.39 is 4.92 Å². The number of nitro groups is 1. The summed E-state index contributed by atoms with van der Waals surface area (Å²) >= 11 is 0. The standard InChI is InChI=1S/C17H16N2O6/c1-24-12-7-11(19(22)23)13(25-2)6-10(12)18-16(20)14-8-3-4-9(5-8)15(14)17(18)21/h3-4,6-9,14-15H,5H2,1-2H3. The zero-order valence-electron chi connectivity index (χ0n) is 13.7. The number of hydrogen-bond donors (Lipinski definition) is 0. The van der Waals surface area contributed by atoms with Crippen molar-refractivity contribution in [1.29, 1.82) is 0 Å². The molecule has 3 aliphatic rings. The van der Waals surface area contributed by atoms with E-state index in [0.29, 0.717) is 0 Å². The Bertz CT molecular complexity index is 803. The van der Waals surface area contributed by atoms with E-state index in [-0.39, 0.29) is 58.4 Å². The first-order chi connectivity index (χ1) is 12.0. The maximum absolute atomic E-state index is 12.9. The number of ether oxygens (including phenoxy) is 2. The third-order valence-electron chi connectivity index (χ3n) is 5.39. The SMILES string of the molecule is COc1cc([N+](=O)[O-])c(OC)cc1N1C(=O)C2C3C=CC(C3)C2C1=O. The number of nitrogens with zero attached hydrogens (tertiary/aromatic N) is 2. The van der Waals surface area contributed by atoms with Gasteiger partial charge >= 0.3 is 5.69 Å². The predicted octanol–water partition coefficient (Wildman–Crippen LogP) is 1.92. The number of carbonyl (C=O) groups excluding carboxylic acids is 2. The van der Waals surface area contributed by atoms with E-state index in [1.807, 2.05) is 12.2 Å². The Hall–Kier alpha value is -2.90. The number of nitro benzene ring substituents is 1. The lowest BCUT2D eigenvalue weighted by Crippen LogP contribution is -2.33. The molecular weight excluding hydrogens is 328 g/mol. The number of imide groups is 1. The number of rotatable bonds is 4. The van der Waals surface area contributed by atoms with E-state index in [9.17, 15) is 19.7 Å². The van der Waals surface area contributed by atoms with Crippen LogP contribution in [0.4, 0.5) is 11.4 Å². The maximum Gasteiger partial charge on any atom is 0.314 e. The molecule has 8 heteroatoms. The summed E-state index contributed by atoms with van der Waals surface area (Å²) in [4.78, 5) is 37.5. The summed E-state index contributed by atoms with van der Waals surface area (Å²) in [6.45, 7) is 0. The minimum Gasteiger partial charge on any atom is -0.494 e. The average molecular weight is 344 g/mol. The Kier molecular flexibility index (Phi) is 3.31. The zero-order chi connectivity index (χ0) is 17.9. The van der Waals surface area contributed by atoms with Gasteiger partial charge in [0.25, 0.3) is 0 Å². The molecule has 4 atom stereocenters. The van der Waals surface area contributed by atoms with Gasteiger partial charge in [-0.3, -0.25) is 19.7 Å². The first-order valence-electron chi connectivity index (χ1n) is 7.94. The van der Waals surface area contributed by atoms with Crippen LogP contribution in [0, 0.1) is 33.8 Å². The molecule has 1 saturated carbocycles. The Morgan fingerprint density at radius 1 is 1.04 bits per heavy atom. The number of amides is 2. The minimum atomic E-state index is -0.600. The molecule has 1 saturated heterocycles. The van der Waals surface area contributed by atoms with Crippen LogP contribution < -0.4 is 14.4 Å². The van der Waals surface area contributed by atoms with Gasteiger partial charge in [-0.15, -0.1) is 0 Å². The summed E-state index contributed by atoms with van der Waals surface area (Å²) in [7, 11) is 2.64. The van der Waals surface area contributed by atoms with Crippen LogP contribution in [0.3, 0.4) is 0 Å². The first-order valence-corrected chi connectivity index (χ1v) is 7.94. The third-order valence-corrected chi connectivity index (χ3v) is 5.39. The van der Waals surface area contributed by atoms with Crippen LogP contribution in [0.25, 0.3) is 0 Å². The monoisotopic (exact) mass is 344 g/mol. The number of allylic oxidation sites excluding steroid dienone is 2. The molecule has 8 nitrogen and oxygen atoms in total. The molecule has 0 N–H and O–H groups in total. The first kappa shape index (κ1) is 15.6. The van der Waals surface area contributed by atoms with Crippen molar-refractivity contribution in [2.45, 2.75) is 6.42 Å². The Morgan fingerprint density at radius 3 is 2.08 bits per heavy atom. The van der Waals surface area contributed by atoms with Crippen molar-refractivity contribution in [2.75, 3.05) is 19.1 Å². The fourth-order valence-corrected chi connectivity index (χ4v) is 4.32. The second-order valence-electron chi connectivity index (χ2n) is 6.46. The van der Waals surface area contributed by atoms with Gasteiger partial charge in [-0.1, -0.05) is 12.2 Å². The fraction of sp³-hybridized carbons (Fsp3) is 0.412. The molecule has 4 unspecified atom stereocenters. The molecule has 0 aromatic heterocycles. The van der Waals surface area contributed by atoms with Crippen LogP contribution in [-0.2, 0) is 9.59 Å². The van der Waals surface area contributed by atoms with Crippen molar-refractivity contribution >= 4 is 23.2 Å². The number of anilines is 1. The number of carbonyl (C=O) groups is 2. The smallest absolute Gasteiger partial charge is 0.314 e. The average Bonchev–Trinajstić information content (AvgIpc) is 3.27. The quantitative estimate of drug-likeness (QED) is 0.358. The second-order valence-corrected chi connectivity index (χ2v) is 6.46. The van der Waals surface area contributed by atoms with Crippen LogP contribution in [0.15, 0.2) is 24.3 Å². The topological polar surface area (TPSA) is 99.0 Å². The number of hydrogen-bond acceptors (Lipinski definition) is 6. The molecule has 1 heterocycles. The van der Waals surface area contributed by atoms with Gasteiger partial charge in [-0.2, -0.15) is 0 Å². The Labute approximate surface area is 143 Å². The summed E-state index contributed by atoms with van der Waals surface area (Å²) in [5.41, 5.74) is -0.0992. The van der Waals surface area contributed by atoms with Gasteiger partial charge in [0.15, 0.2) is 5.75 Å². The van der Waals surface area contributed by atoms with Crippen molar-refractivity contribution in [3.8, 4) is 11.5 Å². The van der Waals surface area contributed by atoms with Crippen molar-refractivity contribution in [1.82, 2.24) is 0 Å². The Balaban J connectivity index is 1.81. The summed E-state index contributed by atoms with van der Waals surface area (Å²) < 4.78 is 10.3. The maximum atomic E-state index is 12.9. The van der Waals surface area contributed by atoms with Crippen LogP contribution in [0.5, 0.6) is 11.5 Å². The molecule has 2 fully saturated rings. The zero-order valence-corrected chi connectivity index (χ0v) is 13.7. The van der Waals surface area contributed by atoms with Crippen LogP contribution in [0.2, 0.25) is 0 Å². The lowest BCUT2D eigenvalue weighted by molar-refractivity contribution is -0.385. The third kappa shape index (κ3) is 2.00. The summed E-state index contributed by atoms with van der Waals surface area (Å²) in [5, 5.41) is 11.2. The molecule has 4 rings (SSSR count). The molecule has 1 aliphatic heterocycles. The Morgan fingerprint density at radius 2 is 1.60 bits per heavy atom. The normalized spacial score (nSPS) is 29.3. The molecule has 0 radical (unpaired) electrons. The van der Waals surface area contributed by atoms with Crippen molar-refractivity contribution < 1.29 is 24.0 Å². The molecule has 0 spiro atoms. The minimum absolute atomic E-state index is 0.0282. The fourth-order valence-electron chi connectivity index (χ4n) is 4.32. The lowest BCUT2D eigenvalue weighted by Gasteiger charge is -2.20. The van der Waals surface area contributed by atoms with Crippen molar-refractivity contribution in [2.24, 2.45) is 23.7 Å². The highest BCUT2D eigenvalue weighted by atomic mass is 16.6. The highest BCUT2D eigenvalue weighted by Gasteiger charge is 2.60. The van der Waals surface area contributed by atoms with Crippen LogP contribution in [0.1, 0.15) is 6.42 Å². The van der Waals surface area contributed by atoms with Gasteiger partial charge in [0.05, 0.1) is 42.7 Å². The van der Waals surface area contributed by atoms with E-state index in [2.05, 4.69) is 0 Å². The lowest BCUT2D eigenvalue weighted by atomic mass is 9.85. The van der Waals surface area contributed by atoms with Crippen LogP contribution in [-0.4, -0.2) is 31.0 Å². The molecule has 2 bridgehead atoms. The van der Waals surface area contributed by atoms with Gasteiger partial charge in [-0.05, 0) is 18.3 Å². The van der Waals surface area contributed by atoms with E-state index in [1.165, 1.54) is 26.4 Å². The summed E-state index contributed by atoms with van der Waals surface area (Å²) in [6, 6.07) is 2.50. The molecule has 130 valence electrons. The number of fused-ring (bicyclic) bond motifs is 5. The molecule has 2 amide bonds. The van der Waals surface area contributed by atoms with Crippen molar-refractivity contribution in [3.63, 3.8) is 0 Å². The van der Waals surface area contributed by atoms with Gasteiger partial charge in [0.1, 0.15) is 5.75 Å². The van der Waals surface area contributed by atoms with Crippen molar-refractivity contribution in [3.05, 3.63) is 34.4 Å². The van der Waals surface area contributed by atoms with Gasteiger partial charge in [0.2, 0.25) is 11.8 Å². The molecule has 25 heavy (non-hydrogen) atoms. The molecule has 1 aromatic rings.